The smallest absolute Gasteiger partial charge is 0.306 e. The fourth-order valence-electron chi connectivity index (χ4n) is 7.48. The highest BCUT2D eigenvalue weighted by Crippen LogP contribution is 2.28. The van der Waals surface area contributed by atoms with Crippen LogP contribution in [0.2, 0.25) is 0 Å². The second kappa shape index (κ2) is 31.6. The summed E-state index contributed by atoms with van der Waals surface area (Å²) in [6.07, 6.45) is 21.1. The first-order chi connectivity index (χ1) is 25.0. The van der Waals surface area contributed by atoms with E-state index in [9.17, 15) is 14.4 Å². The Hall–Kier alpha value is -1.63. The predicted octanol–water partition coefficient (Wildman–Crippen LogP) is 12.4. The van der Waals surface area contributed by atoms with Gasteiger partial charge in [-0.15, -0.1) is 0 Å². The van der Waals surface area contributed by atoms with E-state index >= 15 is 0 Å². The Labute approximate surface area is 329 Å². The molecular weight excluding hydrogens is 663 g/mol. The van der Waals surface area contributed by atoms with Crippen molar-refractivity contribution < 1.29 is 28.6 Å². The molecule has 0 amide bonds. The molecule has 3 unspecified atom stereocenters. The highest BCUT2D eigenvalue weighted by Gasteiger charge is 2.25. The molecule has 0 aromatic rings. The lowest BCUT2D eigenvalue weighted by Gasteiger charge is -2.31. The molecule has 0 spiro atoms. The molecule has 53 heavy (non-hydrogen) atoms. The van der Waals surface area contributed by atoms with Crippen molar-refractivity contribution >= 4 is 17.9 Å². The Bertz CT molecular complexity index is 866. The van der Waals surface area contributed by atoms with Gasteiger partial charge in [0.2, 0.25) is 0 Å². The number of rotatable bonds is 35. The van der Waals surface area contributed by atoms with Crippen LogP contribution < -0.4 is 0 Å². The number of hydrogen-bond donors (Lipinski definition) is 0. The molecular formula is C46H89NO6. The fraction of sp³-hybridized carbons (Fsp3) is 0.935. The first-order valence-electron chi connectivity index (χ1n) is 22.1. The number of ether oxygens (including phenoxy) is 3. The molecule has 0 bridgehead atoms. The molecule has 0 saturated carbocycles. The summed E-state index contributed by atoms with van der Waals surface area (Å²) in [7, 11) is 4.20. The number of unbranched alkanes of at least 4 members (excludes halogenated alkanes) is 8. The largest absolute Gasteiger partial charge is 0.466 e. The van der Waals surface area contributed by atoms with Gasteiger partial charge in [-0.1, -0.05) is 127 Å². The lowest BCUT2D eigenvalue weighted by Crippen LogP contribution is -2.31. The molecule has 7 heteroatoms. The zero-order valence-electron chi connectivity index (χ0n) is 37.0. The summed E-state index contributed by atoms with van der Waals surface area (Å²) in [5.74, 6) is 2.72. The molecule has 0 aliphatic heterocycles. The van der Waals surface area contributed by atoms with Crippen molar-refractivity contribution in [2.45, 2.75) is 210 Å². The average Bonchev–Trinajstić information content (AvgIpc) is 3.04. The number of nitrogens with zero attached hydrogens (tertiary/aromatic N) is 1. The molecule has 0 aliphatic rings. The summed E-state index contributed by atoms with van der Waals surface area (Å²) in [6.45, 7) is 22.3. The summed E-state index contributed by atoms with van der Waals surface area (Å²) in [4.78, 5) is 39.7. The normalized spacial score (nSPS) is 14.4. The van der Waals surface area contributed by atoms with Crippen molar-refractivity contribution in [1.82, 2.24) is 4.90 Å². The summed E-state index contributed by atoms with van der Waals surface area (Å²) in [6, 6.07) is 0. The number of hydrogen-bond acceptors (Lipinski definition) is 7. The third kappa shape index (κ3) is 34.6. The minimum absolute atomic E-state index is 0.0414. The average molecular weight is 752 g/mol. The molecule has 0 aromatic heterocycles. The zero-order chi connectivity index (χ0) is 40.1. The van der Waals surface area contributed by atoms with Crippen LogP contribution in [-0.4, -0.2) is 62.8 Å². The van der Waals surface area contributed by atoms with Crippen LogP contribution in [0.25, 0.3) is 0 Å². The van der Waals surface area contributed by atoms with Crippen LogP contribution in [0.1, 0.15) is 204 Å². The van der Waals surface area contributed by atoms with Crippen molar-refractivity contribution in [3.05, 3.63) is 0 Å². The first kappa shape index (κ1) is 51.4. The van der Waals surface area contributed by atoms with Gasteiger partial charge in [0, 0.05) is 25.8 Å². The third-order valence-corrected chi connectivity index (χ3v) is 10.5. The summed E-state index contributed by atoms with van der Waals surface area (Å²) in [5.41, 5.74) is 0.146. The maximum absolute atomic E-state index is 13.1. The van der Waals surface area contributed by atoms with Crippen molar-refractivity contribution in [3.8, 4) is 0 Å². The van der Waals surface area contributed by atoms with Crippen LogP contribution >= 0.6 is 0 Å². The maximum atomic E-state index is 13.1. The van der Waals surface area contributed by atoms with Crippen LogP contribution in [-0.2, 0) is 28.6 Å². The molecule has 7 nitrogen and oxygen atoms in total. The second-order valence-corrected chi connectivity index (χ2v) is 18.8. The molecule has 3 atom stereocenters. The van der Waals surface area contributed by atoms with E-state index in [0.29, 0.717) is 44.3 Å². The van der Waals surface area contributed by atoms with E-state index < -0.39 is 0 Å². The molecule has 0 aliphatic carbocycles. The van der Waals surface area contributed by atoms with Gasteiger partial charge in [0.25, 0.3) is 0 Å². The highest BCUT2D eigenvalue weighted by atomic mass is 16.5. The second-order valence-electron chi connectivity index (χ2n) is 18.8. The van der Waals surface area contributed by atoms with E-state index in [1.165, 1.54) is 25.7 Å². The van der Waals surface area contributed by atoms with Crippen LogP contribution in [0.5, 0.6) is 0 Å². The van der Waals surface area contributed by atoms with Gasteiger partial charge >= 0.3 is 17.9 Å². The topological polar surface area (TPSA) is 82.1 Å². The molecule has 0 N–H and O–H groups in total. The van der Waals surface area contributed by atoms with E-state index in [2.05, 4.69) is 81.3 Å². The monoisotopic (exact) mass is 752 g/mol. The lowest BCUT2D eigenvalue weighted by atomic mass is 9.82. The SMILES string of the molecule is CC(C)CCC(C)CCOC(=O)CCCCCCCC(CCCCCCCC(=O)OCCC(C)CCC(C)C)OC(=O)CC(C)CC(C)(C)CN(C)C. The first-order valence-corrected chi connectivity index (χ1v) is 22.1. The van der Waals surface area contributed by atoms with Crippen LogP contribution in [0.4, 0.5) is 0 Å². The van der Waals surface area contributed by atoms with Gasteiger partial charge in [-0.05, 0) is 107 Å². The quantitative estimate of drug-likeness (QED) is 0.0362. The minimum atomic E-state index is -0.0659. The van der Waals surface area contributed by atoms with Gasteiger partial charge in [0.1, 0.15) is 6.10 Å². The molecule has 0 saturated heterocycles. The Morgan fingerprint density at radius 1 is 0.509 bits per heavy atom. The Morgan fingerprint density at radius 3 is 1.34 bits per heavy atom. The van der Waals surface area contributed by atoms with E-state index in [-0.39, 0.29) is 35.3 Å². The highest BCUT2D eigenvalue weighted by molar-refractivity contribution is 5.70. The molecule has 0 aromatic carbocycles. The summed E-state index contributed by atoms with van der Waals surface area (Å²) < 4.78 is 17.1. The van der Waals surface area contributed by atoms with Gasteiger partial charge in [-0.3, -0.25) is 14.4 Å². The zero-order valence-corrected chi connectivity index (χ0v) is 37.0. The van der Waals surface area contributed by atoms with Crippen LogP contribution in [0.15, 0.2) is 0 Å². The van der Waals surface area contributed by atoms with Gasteiger partial charge in [0.15, 0.2) is 0 Å². The van der Waals surface area contributed by atoms with Crippen molar-refractivity contribution in [2.75, 3.05) is 33.9 Å². The molecule has 0 rings (SSSR count). The van der Waals surface area contributed by atoms with Crippen molar-refractivity contribution in [3.63, 3.8) is 0 Å². The Kier molecular flexibility index (Phi) is 30.6. The Morgan fingerprint density at radius 2 is 0.925 bits per heavy atom. The van der Waals surface area contributed by atoms with Crippen LogP contribution in [0, 0.1) is 35.0 Å². The van der Waals surface area contributed by atoms with E-state index in [0.717, 1.165) is 115 Å². The van der Waals surface area contributed by atoms with Gasteiger partial charge in [-0.2, -0.15) is 0 Å². The lowest BCUT2D eigenvalue weighted by molar-refractivity contribution is -0.151. The summed E-state index contributed by atoms with van der Waals surface area (Å²) >= 11 is 0. The van der Waals surface area contributed by atoms with Gasteiger partial charge in [-0.25, -0.2) is 0 Å². The maximum Gasteiger partial charge on any atom is 0.306 e. The predicted molar refractivity (Wildman–Crippen MR) is 223 cm³/mol. The van der Waals surface area contributed by atoms with E-state index in [1.54, 1.807) is 0 Å². The molecule has 0 fully saturated rings. The van der Waals surface area contributed by atoms with Gasteiger partial charge < -0.3 is 19.1 Å². The number of carbonyl (C=O) groups is 3. The van der Waals surface area contributed by atoms with Crippen molar-refractivity contribution in [1.29, 1.82) is 0 Å². The number of carbonyl (C=O) groups excluding carboxylic acids is 3. The van der Waals surface area contributed by atoms with Crippen molar-refractivity contribution in [2.24, 2.45) is 35.0 Å². The third-order valence-electron chi connectivity index (χ3n) is 10.5. The minimum Gasteiger partial charge on any atom is -0.466 e. The standard InChI is InChI=1S/C46H89NO6/c1-37(2)26-28-39(5)30-32-51-43(48)24-20-16-12-14-18-22-42(53-45(50)34-41(7)35-46(8,9)36-47(10)11)23-19-15-13-17-21-25-44(49)52-33-31-40(6)29-27-38(3)4/h37-42H,12-36H2,1-11H3. The van der Waals surface area contributed by atoms with Gasteiger partial charge in [0.05, 0.1) is 13.2 Å². The molecule has 0 radical (unpaired) electrons. The van der Waals surface area contributed by atoms with E-state index in [4.69, 9.17) is 14.2 Å². The Balaban J connectivity index is 4.51. The van der Waals surface area contributed by atoms with Crippen LogP contribution in [0.3, 0.4) is 0 Å². The van der Waals surface area contributed by atoms with E-state index in [1.807, 2.05) is 0 Å². The molecule has 0 heterocycles. The fourth-order valence-corrected chi connectivity index (χ4v) is 7.48. The molecule has 314 valence electrons. The number of esters is 3. The summed E-state index contributed by atoms with van der Waals surface area (Å²) in [5, 5.41) is 0.